The van der Waals surface area contributed by atoms with Gasteiger partial charge in [-0.1, -0.05) is 20.8 Å². The summed E-state index contributed by atoms with van der Waals surface area (Å²) in [5, 5.41) is 3.40. The van der Waals surface area contributed by atoms with Crippen LogP contribution in [0.3, 0.4) is 0 Å². The highest BCUT2D eigenvalue weighted by atomic mass is 16.5. The van der Waals surface area contributed by atoms with Crippen molar-refractivity contribution in [2.45, 2.75) is 53.1 Å². The van der Waals surface area contributed by atoms with E-state index in [2.05, 4.69) is 30.7 Å². The third-order valence-electron chi connectivity index (χ3n) is 3.45. The van der Waals surface area contributed by atoms with Gasteiger partial charge in [-0.15, -0.1) is 0 Å². The van der Waals surface area contributed by atoms with Crippen LogP contribution in [0.25, 0.3) is 0 Å². The molecule has 1 N–H and O–H groups in total. The Balaban J connectivity index is 2.01. The fourth-order valence-electron chi connectivity index (χ4n) is 2.58. The van der Waals surface area contributed by atoms with Crippen molar-refractivity contribution >= 4 is 0 Å². The van der Waals surface area contributed by atoms with Gasteiger partial charge in [0.05, 0.1) is 12.3 Å². The largest absolute Gasteiger partial charge is 0.379 e. The van der Waals surface area contributed by atoms with Crippen molar-refractivity contribution in [3.8, 4) is 0 Å². The third kappa shape index (κ3) is 3.80. The van der Waals surface area contributed by atoms with Crippen molar-refractivity contribution in [3.63, 3.8) is 0 Å². The van der Waals surface area contributed by atoms with E-state index in [4.69, 9.17) is 9.72 Å². The molecule has 0 atom stereocenters. The van der Waals surface area contributed by atoms with Gasteiger partial charge >= 0.3 is 0 Å². The number of nitrogens with one attached hydrogen (secondary N) is 1. The highest BCUT2D eigenvalue weighted by molar-refractivity contribution is 5.20. The molecule has 108 valence electrons. The lowest BCUT2D eigenvalue weighted by atomic mass is 10.2. The zero-order valence-electron chi connectivity index (χ0n) is 12.5. The summed E-state index contributed by atoms with van der Waals surface area (Å²) in [6, 6.07) is 0. The monoisotopic (exact) mass is 265 g/mol. The van der Waals surface area contributed by atoms with Crippen LogP contribution in [0, 0.1) is 5.92 Å². The molecule has 1 aliphatic rings. The minimum atomic E-state index is 0.607. The quantitative estimate of drug-likeness (QED) is 0.768. The fraction of sp³-hybridized carbons (Fsp3) is 0.800. The predicted octanol–water partition coefficient (Wildman–Crippen LogP) is 2.15. The van der Waals surface area contributed by atoms with Gasteiger partial charge in [0.25, 0.3) is 0 Å². The molecule has 0 spiro atoms. The molecule has 0 radical (unpaired) electrons. The Morgan fingerprint density at radius 3 is 3.00 bits per heavy atom. The topological polar surface area (TPSA) is 39.1 Å². The minimum Gasteiger partial charge on any atom is -0.379 e. The fourth-order valence-corrected chi connectivity index (χ4v) is 2.58. The maximum absolute atomic E-state index is 5.73. The number of ether oxygens (including phenoxy) is 1. The van der Waals surface area contributed by atoms with E-state index in [0.29, 0.717) is 5.92 Å². The lowest BCUT2D eigenvalue weighted by Crippen LogP contribution is -2.25. The van der Waals surface area contributed by atoms with Crippen molar-refractivity contribution in [3.05, 3.63) is 17.2 Å². The molecule has 0 saturated heterocycles. The van der Waals surface area contributed by atoms with E-state index < -0.39 is 0 Å². The summed E-state index contributed by atoms with van der Waals surface area (Å²) in [7, 11) is 0. The van der Waals surface area contributed by atoms with Gasteiger partial charge in [0, 0.05) is 44.8 Å². The Labute approximate surface area is 116 Å². The van der Waals surface area contributed by atoms with Crippen LogP contribution in [0.5, 0.6) is 0 Å². The molecule has 0 aromatic carbocycles. The number of hydrogen-bond acceptors (Lipinski definition) is 3. The van der Waals surface area contributed by atoms with Crippen LogP contribution in [0.15, 0.2) is 0 Å². The summed E-state index contributed by atoms with van der Waals surface area (Å²) in [5.74, 6) is 1.85. The molecule has 0 bridgehead atoms. The van der Waals surface area contributed by atoms with Gasteiger partial charge in [0.15, 0.2) is 0 Å². The molecular weight excluding hydrogens is 238 g/mol. The predicted molar refractivity (Wildman–Crippen MR) is 77.3 cm³/mol. The summed E-state index contributed by atoms with van der Waals surface area (Å²) in [4.78, 5) is 4.80. The van der Waals surface area contributed by atoms with Gasteiger partial charge in [-0.05, 0) is 12.3 Å². The van der Waals surface area contributed by atoms with Crippen LogP contribution in [0.1, 0.15) is 44.4 Å². The summed E-state index contributed by atoms with van der Waals surface area (Å²) in [5.41, 5.74) is 2.67. The number of imidazole rings is 1. The van der Waals surface area contributed by atoms with E-state index in [0.717, 1.165) is 52.1 Å². The molecule has 0 saturated carbocycles. The van der Waals surface area contributed by atoms with Crippen molar-refractivity contribution in [1.82, 2.24) is 14.9 Å². The van der Waals surface area contributed by atoms with Gasteiger partial charge in [-0.3, -0.25) is 0 Å². The molecule has 2 rings (SSSR count). The lowest BCUT2D eigenvalue weighted by Gasteiger charge is -2.16. The number of rotatable bonds is 7. The Morgan fingerprint density at radius 1 is 1.42 bits per heavy atom. The minimum absolute atomic E-state index is 0.607. The van der Waals surface area contributed by atoms with E-state index in [1.165, 1.54) is 17.2 Å². The molecular formula is C15H27N3O. The molecule has 4 heteroatoms. The van der Waals surface area contributed by atoms with Crippen LogP contribution in [0.2, 0.25) is 0 Å². The Hall–Kier alpha value is -0.870. The second kappa shape index (κ2) is 7.06. The number of hydrogen-bond donors (Lipinski definition) is 1. The van der Waals surface area contributed by atoms with E-state index in [-0.39, 0.29) is 0 Å². The Morgan fingerprint density at radius 2 is 2.26 bits per heavy atom. The standard InChI is InChI=1S/C15H27N3O/c1-4-5-15-17-13-10-16-7-6-14(13)18(15)8-9-19-11-12(2)3/h12,16H,4-11H2,1-3H3. The van der Waals surface area contributed by atoms with Gasteiger partial charge in [-0.25, -0.2) is 4.98 Å². The first-order valence-electron chi connectivity index (χ1n) is 7.58. The van der Waals surface area contributed by atoms with Crippen molar-refractivity contribution < 1.29 is 4.74 Å². The van der Waals surface area contributed by atoms with Crippen LogP contribution < -0.4 is 5.32 Å². The van der Waals surface area contributed by atoms with E-state index in [1.54, 1.807) is 0 Å². The first-order valence-corrected chi connectivity index (χ1v) is 7.58. The summed E-state index contributed by atoms with van der Waals surface area (Å²) >= 11 is 0. The number of fused-ring (bicyclic) bond motifs is 1. The van der Waals surface area contributed by atoms with Gasteiger partial charge in [0.2, 0.25) is 0 Å². The lowest BCUT2D eigenvalue weighted by molar-refractivity contribution is 0.102. The van der Waals surface area contributed by atoms with Gasteiger partial charge in [0.1, 0.15) is 5.82 Å². The maximum Gasteiger partial charge on any atom is 0.109 e. The molecule has 2 heterocycles. The van der Waals surface area contributed by atoms with E-state index in [1.807, 2.05) is 0 Å². The van der Waals surface area contributed by atoms with Crippen molar-refractivity contribution in [2.24, 2.45) is 5.92 Å². The second-order valence-electron chi connectivity index (χ2n) is 5.72. The molecule has 19 heavy (non-hydrogen) atoms. The normalized spacial score (nSPS) is 14.9. The summed E-state index contributed by atoms with van der Waals surface area (Å²) in [6.07, 6.45) is 3.31. The smallest absolute Gasteiger partial charge is 0.109 e. The number of nitrogens with zero attached hydrogens (tertiary/aromatic N) is 2. The second-order valence-corrected chi connectivity index (χ2v) is 5.72. The molecule has 1 aliphatic heterocycles. The van der Waals surface area contributed by atoms with Gasteiger partial charge < -0.3 is 14.6 Å². The average Bonchev–Trinajstić information content (AvgIpc) is 2.73. The average molecular weight is 265 g/mol. The summed E-state index contributed by atoms with van der Waals surface area (Å²) in [6.45, 7) is 11.2. The Bertz CT molecular complexity index is 398. The Kier molecular flexibility index (Phi) is 5.40. The van der Waals surface area contributed by atoms with Crippen LogP contribution >= 0.6 is 0 Å². The maximum atomic E-state index is 5.73. The molecule has 0 aliphatic carbocycles. The molecule has 4 nitrogen and oxygen atoms in total. The number of aryl methyl sites for hydroxylation is 1. The third-order valence-corrected chi connectivity index (χ3v) is 3.45. The van der Waals surface area contributed by atoms with Crippen LogP contribution in [-0.4, -0.2) is 29.3 Å². The zero-order valence-corrected chi connectivity index (χ0v) is 12.5. The van der Waals surface area contributed by atoms with Gasteiger partial charge in [-0.2, -0.15) is 0 Å². The van der Waals surface area contributed by atoms with Crippen molar-refractivity contribution in [2.75, 3.05) is 19.8 Å². The molecule has 1 aromatic rings. The molecule has 1 aromatic heterocycles. The number of aromatic nitrogens is 2. The highest BCUT2D eigenvalue weighted by Gasteiger charge is 2.18. The zero-order chi connectivity index (χ0) is 13.7. The van der Waals surface area contributed by atoms with E-state index in [9.17, 15) is 0 Å². The van der Waals surface area contributed by atoms with Crippen LogP contribution in [-0.2, 0) is 30.7 Å². The summed E-state index contributed by atoms with van der Waals surface area (Å²) < 4.78 is 8.13. The highest BCUT2D eigenvalue weighted by Crippen LogP contribution is 2.17. The first-order chi connectivity index (χ1) is 9.22. The van der Waals surface area contributed by atoms with Crippen molar-refractivity contribution in [1.29, 1.82) is 0 Å². The molecule has 0 unspecified atom stereocenters. The van der Waals surface area contributed by atoms with E-state index >= 15 is 0 Å². The molecule has 0 amide bonds. The molecule has 0 fully saturated rings. The van der Waals surface area contributed by atoms with Crippen LogP contribution in [0.4, 0.5) is 0 Å². The first kappa shape index (κ1) is 14.5. The SMILES string of the molecule is CCCc1nc2c(n1CCOCC(C)C)CCNC2.